The first kappa shape index (κ1) is 21.8. The van der Waals surface area contributed by atoms with E-state index in [0.717, 1.165) is 5.56 Å². The fraction of sp³-hybridized carbons (Fsp3) is 0.350. The maximum absolute atomic E-state index is 12.4. The van der Waals surface area contributed by atoms with Gasteiger partial charge in [-0.15, -0.1) is 0 Å². The molecule has 144 valence electrons. The molecule has 0 radical (unpaired) electrons. The van der Waals surface area contributed by atoms with Crippen molar-refractivity contribution in [2.45, 2.75) is 20.4 Å². The number of hydrogen-bond acceptors (Lipinski definition) is 6. The van der Waals surface area contributed by atoms with Gasteiger partial charge < -0.3 is 19.1 Å². The predicted octanol–water partition coefficient (Wildman–Crippen LogP) is 1.71. The highest BCUT2D eigenvalue weighted by Crippen LogP contribution is 2.13. The van der Waals surface area contributed by atoms with Crippen LogP contribution in [0.1, 0.15) is 19.4 Å². The first-order valence-electron chi connectivity index (χ1n) is 8.35. The van der Waals surface area contributed by atoms with Crippen LogP contribution in [-0.2, 0) is 30.4 Å². The Labute approximate surface area is 158 Å². The number of ether oxygens (including phenoxy) is 3. The molecule has 0 fully saturated rings. The third-order valence-corrected chi connectivity index (χ3v) is 3.24. The second-order valence-electron chi connectivity index (χ2n) is 5.28. The second-order valence-corrected chi connectivity index (χ2v) is 5.28. The molecule has 0 aliphatic heterocycles. The highest BCUT2D eigenvalue weighted by atomic mass is 16.5. The molecule has 1 rings (SSSR count). The van der Waals surface area contributed by atoms with Gasteiger partial charge in [-0.25, -0.2) is 4.79 Å². The zero-order valence-corrected chi connectivity index (χ0v) is 15.7. The van der Waals surface area contributed by atoms with Crippen molar-refractivity contribution < 1.29 is 28.6 Å². The monoisotopic (exact) mass is 373 g/mol. The van der Waals surface area contributed by atoms with E-state index < -0.39 is 11.9 Å². The SMILES string of the molecule is CCOC(=O)C#CC(=O)N(C/C=C\COC(C)=O)Cc1ccc(OC)cc1. The van der Waals surface area contributed by atoms with E-state index in [4.69, 9.17) is 14.2 Å². The van der Waals surface area contributed by atoms with Gasteiger partial charge in [-0.2, -0.15) is 0 Å². The van der Waals surface area contributed by atoms with E-state index in [-0.39, 0.29) is 32.3 Å². The Morgan fingerprint density at radius 3 is 2.37 bits per heavy atom. The first-order chi connectivity index (χ1) is 13.0. The number of nitrogens with zero attached hydrogens (tertiary/aromatic N) is 1. The van der Waals surface area contributed by atoms with Gasteiger partial charge in [0, 0.05) is 31.9 Å². The molecular weight excluding hydrogens is 350 g/mol. The maximum Gasteiger partial charge on any atom is 0.384 e. The lowest BCUT2D eigenvalue weighted by Crippen LogP contribution is -2.29. The molecule has 0 unspecified atom stereocenters. The summed E-state index contributed by atoms with van der Waals surface area (Å²) in [5.41, 5.74) is 0.871. The molecule has 7 heteroatoms. The summed E-state index contributed by atoms with van der Waals surface area (Å²) in [4.78, 5) is 35.9. The van der Waals surface area contributed by atoms with Gasteiger partial charge in [-0.05, 0) is 30.7 Å². The van der Waals surface area contributed by atoms with Crippen LogP contribution in [0.2, 0.25) is 0 Å². The molecule has 0 spiro atoms. The third kappa shape index (κ3) is 9.12. The number of carbonyl (C=O) groups is 3. The highest BCUT2D eigenvalue weighted by Gasteiger charge is 2.11. The van der Waals surface area contributed by atoms with E-state index in [1.807, 2.05) is 12.1 Å². The van der Waals surface area contributed by atoms with E-state index in [1.165, 1.54) is 11.8 Å². The zero-order chi connectivity index (χ0) is 20.1. The lowest BCUT2D eigenvalue weighted by atomic mass is 10.2. The quantitative estimate of drug-likeness (QED) is 0.299. The lowest BCUT2D eigenvalue weighted by Gasteiger charge is -2.18. The van der Waals surface area contributed by atoms with E-state index in [0.29, 0.717) is 5.75 Å². The first-order valence-corrected chi connectivity index (χ1v) is 8.35. The average Bonchev–Trinajstić information content (AvgIpc) is 2.65. The number of amides is 1. The van der Waals surface area contributed by atoms with Crippen LogP contribution in [0, 0.1) is 11.8 Å². The fourth-order valence-corrected chi connectivity index (χ4v) is 1.96. The van der Waals surface area contributed by atoms with Gasteiger partial charge in [0.2, 0.25) is 0 Å². The van der Waals surface area contributed by atoms with E-state index in [1.54, 1.807) is 38.3 Å². The van der Waals surface area contributed by atoms with Gasteiger partial charge in [-0.1, -0.05) is 18.2 Å². The van der Waals surface area contributed by atoms with Crippen molar-refractivity contribution in [3.8, 4) is 17.6 Å². The van der Waals surface area contributed by atoms with Crippen molar-refractivity contribution in [2.24, 2.45) is 0 Å². The van der Waals surface area contributed by atoms with Crippen molar-refractivity contribution in [3.05, 3.63) is 42.0 Å². The summed E-state index contributed by atoms with van der Waals surface area (Å²) in [6.45, 7) is 3.82. The smallest absolute Gasteiger partial charge is 0.384 e. The molecule has 7 nitrogen and oxygen atoms in total. The van der Waals surface area contributed by atoms with Crippen LogP contribution in [0.25, 0.3) is 0 Å². The topological polar surface area (TPSA) is 82.1 Å². The van der Waals surface area contributed by atoms with Gasteiger partial charge in [0.1, 0.15) is 12.4 Å². The number of benzene rings is 1. The number of esters is 2. The summed E-state index contributed by atoms with van der Waals surface area (Å²) in [7, 11) is 1.57. The summed E-state index contributed by atoms with van der Waals surface area (Å²) in [5.74, 6) is 3.51. The molecular formula is C20H23NO6. The lowest BCUT2D eigenvalue weighted by molar-refractivity contribution is -0.139. The molecule has 0 heterocycles. The molecule has 0 aliphatic carbocycles. The molecule has 0 saturated heterocycles. The minimum absolute atomic E-state index is 0.119. The Balaban J connectivity index is 2.81. The van der Waals surface area contributed by atoms with Gasteiger partial charge in [0.25, 0.3) is 5.91 Å². The second kappa shape index (κ2) is 12.1. The molecule has 0 aromatic heterocycles. The van der Waals surface area contributed by atoms with Crippen LogP contribution in [0.15, 0.2) is 36.4 Å². The maximum atomic E-state index is 12.4. The predicted molar refractivity (Wildman–Crippen MR) is 98.6 cm³/mol. The van der Waals surface area contributed by atoms with Crippen LogP contribution in [0.4, 0.5) is 0 Å². The summed E-state index contributed by atoms with van der Waals surface area (Å²) in [6.07, 6.45) is 3.32. The molecule has 1 aromatic carbocycles. The van der Waals surface area contributed by atoms with Gasteiger partial charge in [0.05, 0.1) is 13.7 Å². The van der Waals surface area contributed by atoms with E-state index in [9.17, 15) is 14.4 Å². The number of rotatable bonds is 8. The molecule has 0 aliphatic rings. The summed E-state index contributed by atoms with van der Waals surface area (Å²) >= 11 is 0. The Bertz CT molecular complexity index is 727. The molecule has 0 bridgehead atoms. The Morgan fingerprint density at radius 2 is 1.78 bits per heavy atom. The minimum atomic E-state index is -0.749. The average molecular weight is 373 g/mol. The Kier molecular flexibility index (Phi) is 9.79. The highest BCUT2D eigenvalue weighted by molar-refractivity contribution is 6.00. The molecule has 27 heavy (non-hydrogen) atoms. The van der Waals surface area contributed by atoms with Crippen molar-refractivity contribution in [2.75, 3.05) is 26.9 Å². The molecule has 0 atom stereocenters. The normalized spacial score (nSPS) is 9.89. The molecule has 1 aromatic rings. The molecule has 0 N–H and O–H groups in total. The summed E-state index contributed by atoms with van der Waals surface area (Å²) in [6, 6.07) is 7.25. The van der Waals surface area contributed by atoms with Crippen molar-refractivity contribution in [1.29, 1.82) is 0 Å². The van der Waals surface area contributed by atoms with Crippen LogP contribution < -0.4 is 4.74 Å². The van der Waals surface area contributed by atoms with Gasteiger partial charge in [-0.3, -0.25) is 9.59 Å². The minimum Gasteiger partial charge on any atom is -0.497 e. The van der Waals surface area contributed by atoms with Crippen molar-refractivity contribution >= 4 is 17.8 Å². The number of carbonyl (C=O) groups excluding carboxylic acids is 3. The van der Waals surface area contributed by atoms with E-state index in [2.05, 4.69) is 11.8 Å². The van der Waals surface area contributed by atoms with Crippen molar-refractivity contribution in [3.63, 3.8) is 0 Å². The standard InChI is InChI=1S/C20H23NO6/c1-4-26-20(24)12-11-19(23)21(13-5-6-14-27-16(2)22)15-17-7-9-18(25-3)10-8-17/h5-10H,4,13-15H2,1-3H3/b6-5-. The summed E-state index contributed by atoms with van der Waals surface area (Å²) < 4.78 is 14.6. The molecule has 1 amide bonds. The van der Waals surface area contributed by atoms with Crippen LogP contribution in [0.5, 0.6) is 5.75 Å². The zero-order valence-electron chi connectivity index (χ0n) is 15.7. The van der Waals surface area contributed by atoms with Crippen molar-refractivity contribution in [1.82, 2.24) is 4.90 Å². The number of methoxy groups -OCH3 is 1. The largest absolute Gasteiger partial charge is 0.497 e. The summed E-state index contributed by atoms with van der Waals surface area (Å²) in [5, 5.41) is 0. The molecule has 0 saturated carbocycles. The number of hydrogen-bond donors (Lipinski definition) is 0. The van der Waals surface area contributed by atoms with Crippen LogP contribution in [-0.4, -0.2) is 49.6 Å². The van der Waals surface area contributed by atoms with E-state index >= 15 is 0 Å². The van der Waals surface area contributed by atoms with Gasteiger partial charge in [0.15, 0.2) is 0 Å². The van der Waals surface area contributed by atoms with Crippen LogP contribution in [0.3, 0.4) is 0 Å². The van der Waals surface area contributed by atoms with Gasteiger partial charge >= 0.3 is 11.9 Å². The van der Waals surface area contributed by atoms with Crippen LogP contribution >= 0.6 is 0 Å². The third-order valence-electron chi connectivity index (χ3n) is 3.24. The Morgan fingerprint density at radius 1 is 1.07 bits per heavy atom. The fourth-order valence-electron chi connectivity index (χ4n) is 1.96. The Hall–Kier alpha value is -3.27.